The van der Waals surface area contributed by atoms with Gasteiger partial charge in [0.2, 0.25) is 5.91 Å². The second kappa shape index (κ2) is 3.45. The van der Waals surface area contributed by atoms with Crippen molar-refractivity contribution >= 4 is 5.91 Å². The molecule has 14 heavy (non-hydrogen) atoms. The average molecular weight is 189 g/mol. The number of benzene rings is 1. The first-order valence-electron chi connectivity index (χ1n) is 5.02. The van der Waals surface area contributed by atoms with Gasteiger partial charge < -0.3 is 4.90 Å². The van der Waals surface area contributed by atoms with Crippen molar-refractivity contribution in [3.8, 4) is 0 Å². The van der Waals surface area contributed by atoms with Crippen LogP contribution in [0.15, 0.2) is 24.3 Å². The number of carbonyl (C=O) groups excluding carboxylic acids is 1. The normalized spacial score (nSPS) is 20.4. The van der Waals surface area contributed by atoms with Crippen LogP contribution in [0.1, 0.15) is 25.0 Å². The molecule has 0 radical (unpaired) electrons. The van der Waals surface area contributed by atoms with Gasteiger partial charge in [-0.05, 0) is 24.5 Å². The van der Waals surface area contributed by atoms with Gasteiger partial charge in [0.15, 0.2) is 0 Å². The van der Waals surface area contributed by atoms with Crippen LogP contribution in [0.2, 0.25) is 0 Å². The summed E-state index contributed by atoms with van der Waals surface area (Å²) < 4.78 is 0. The van der Waals surface area contributed by atoms with E-state index in [1.54, 1.807) is 6.92 Å². The minimum atomic E-state index is 0.173. The van der Waals surface area contributed by atoms with E-state index in [0.29, 0.717) is 6.04 Å². The number of rotatable bonds is 0. The summed E-state index contributed by atoms with van der Waals surface area (Å²) in [5.74, 6) is 0.173. The van der Waals surface area contributed by atoms with E-state index in [0.717, 1.165) is 13.0 Å². The summed E-state index contributed by atoms with van der Waals surface area (Å²) in [5.41, 5.74) is 2.68. The van der Waals surface area contributed by atoms with Crippen LogP contribution in [0.3, 0.4) is 0 Å². The van der Waals surface area contributed by atoms with E-state index in [2.05, 4.69) is 25.1 Å². The van der Waals surface area contributed by atoms with Crippen molar-refractivity contribution in [3.63, 3.8) is 0 Å². The molecule has 1 aliphatic heterocycles. The number of fused-ring (bicyclic) bond motifs is 1. The summed E-state index contributed by atoms with van der Waals surface area (Å²) >= 11 is 0. The van der Waals surface area contributed by atoms with Crippen LogP contribution in [0.5, 0.6) is 0 Å². The Balaban J connectivity index is 2.31. The number of hydrogen-bond donors (Lipinski definition) is 0. The average Bonchev–Trinajstić information content (AvgIpc) is 2.16. The third-order valence-electron chi connectivity index (χ3n) is 2.91. The zero-order valence-corrected chi connectivity index (χ0v) is 8.66. The predicted molar refractivity (Wildman–Crippen MR) is 55.8 cm³/mol. The second-order valence-electron chi connectivity index (χ2n) is 3.97. The lowest BCUT2D eigenvalue weighted by molar-refractivity contribution is -0.131. The highest BCUT2D eigenvalue weighted by atomic mass is 16.2. The first-order valence-corrected chi connectivity index (χ1v) is 5.02. The van der Waals surface area contributed by atoms with Crippen LogP contribution in [0, 0.1) is 0 Å². The summed E-state index contributed by atoms with van der Waals surface area (Å²) in [7, 11) is 0. The van der Waals surface area contributed by atoms with Crippen LogP contribution >= 0.6 is 0 Å². The molecule has 0 bridgehead atoms. The summed E-state index contributed by atoms with van der Waals surface area (Å²) in [6.07, 6.45) is 0.982. The van der Waals surface area contributed by atoms with Crippen molar-refractivity contribution in [1.82, 2.24) is 4.90 Å². The molecule has 74 valence electrons. The molecule has 1 aliphatic rings. The molecule has 2 rings (SSSR count). The van der Waals surface area contributed by atoms with Gasteiger partial charge in [0.25, 0.3) is 0 Å². The molecule has 2 nitrogen and oxygen atoms in total. The van der Waals surface area contributed by atoms with Gasteiger partial charge in [-0.1, -0.05) is 24.3 Å². The van der Waals surface area contributed by atoms with E-state index in [9.17, 15) is 4.79 Å². The molecule has 0 fully saturated rings. The van der Waals surface area contributed by atoms with E-state index in [1.807, 2.05) is 11.0 Å². The van der Waals surface area contributed by atoms with Crippen LogP contribution in [0.4, 0.5) is 0 Å². The van der Waals surface area contributed by atoms with Crippen molar-refractivity contribution in [2.75, 3.05) is 0 Å². The Hall–Kier alpha value is -1.31. The van der Waals surface area contributed by atoms with Crippen LogP contribution in [-0.2, 0) is 17.8 Å². The van der Waals surface area contributed by atoms with Crippen molar-refractivity contribution in [2.45, 2.75) is 32.9 Å². The Labute approximate surface area is 84.5 Å². The Kier molecular flexibility index (Phi) is 2.28. The monoisotopic (exact) mass is 189 g/mol. The SMILES string of the molecule is CC(=O)N1Cc2ccccc2C[C@@H]1C. The highest BCUT2D eigenvalue weighted by Gasteiger charge is 2.23. The van der Waals surface area contributed by atoms with Gasteiger partial charge in [0, 0.05) is 19.5 Å². The van der Waals surface area contributed by atoms with E-state index >= 15 is 0 Å². The van der Waals surface area contributed by atoms with E-state index in [-0.39, 0.29) is 5.91 Å². The fourth-order valence-corrected chi connectivity index (χ4v) is 2.10. The number of carbonyl (C=O) groups is 1. The molecule has 1 atom stereocenters. The van der Waals surface area contributed by atoms with Crippen LogP contribution in [-0.4, -0.2) is 16.8 Å². The zero-order valence-electron chi connectivity index (χ0n) is 8.66. The summed E-state index contributed by atoms with van der Waals surface area (Å²) in [6, 6.07) is 8.70. The third kappa shape index (κ3) is 1.52. The first kappa shape index (κ1) is 9.25. The molecule has 2 heteroatoms. The number of amides is 1. The highest BCUT2D eigenvalue weighted by molar-refractivity contribution is 5.74. The zero-order chi connectivity index (χ0) is 10.1. The molecule has 1 amide bonds. The van der Waals surface area contributed by atoms with Crippen LogP contribution < -0.4 is 0 Å². The fourth-order valence-electron chi connectivity index (χ4n) is 2.10. The van der Waals surface area contributed by atoms with Gasteiger partial charge in [-0.3, -0.25) is 4.79 Å². The molecule has 0 saturated heterocycles. The maximum absolute atomic E-state index is 11.3. The molecule has 1 aromatic rings. The van der Waals surface area contributed by atoms with E-state index < -0.39 is 0 Å². The largest absolute Gasteiger partial charge is 0.336 e. The van der Waals surface area contributed by atoms with Gasteiger partial charge >= 0.3 is 0 Å². The van der Waals surface area contributed by atoms with Crippen molar-refractivity contribution in [2.24, 2.45) is 0 Å². The van der Waals surface area contributed by atoms with Gasteiger partial charge in [0.1, 0.15) is 0 Å². The molecule has 0 saturated carbocycles. The molecule has 1 heterocycles. The Morgan fingerprint density at radius 2 is 2.00 bits per heavy atom. The van der Waals surface area contributed by atoms with Crippen molar-refractivity contribution in [3.05, 3.63) is 35.4 Å². The molecule has 0 spiro atoms. The Morgan fingerprint density at radius 3 is 2.64 bits per heavy atom. The summed E-state index contributed by atoms with van der Waals surface area (Å²) in [5, 5.41) is 0. The molecule has 0 aromatic heterocycles. The molecule has 0 unspecified atom stereocenters. The topological polar surface area (TPSA) is 20.3 Å². The smallest absolute Gasteiger partial charge is 0.219 e. The number of nitrogens with zero attached hydrogens (tertiary/aromatic N) is 1. The minimum Gasteiger partial charge on any atom is -0.336 e. The Bertz CT molecular complexity index is 359. The van der Waals surface area contributed by atoms with Gasteiger partial charge in [-0.2, -0.15) is 0 Å². The van der Waals surface area contributed by atoms with Gasteiger partial charge in [-0.15, -0.1) is 0 Å². The van der Waals surface area contributed by atoms with E-state index in [4.69, 9.17) is 0 Å². The van der Waals surface area contributed by atoms with Gasteiger partial charge in [0.05, 0.1) is 0 Å². The summed E-state index contributed by atoms with van der Waals surface area (Å²) in [4.78, 5) is 13.3. The lowest BCUT2D eigenvalue weighted by Crippen LogP contribution is -2.41. The quantitative estimate of drug-likeness (QED) is 0.611. The Morgan fingerprint density at radius 1 is 1.36 bits per heavy atom. The third-order valence-corrected chi connectivity index (χ3v) is 2.91. The number of hydrogen-bond acceptors (Lipinski definition) is 1. The molecule has 0 N–H and O–H groups in total. The molecule has 1 aromatic carbocycles. The minimum absolute atomic E-state index is 0.173. The maximum Gasteiger partial charge on any atom is 0.219 e. The van der Waals surface area contributed by atoms with E-state index in [1.165, 1.54) is 11.1 Å². The molecular formula is C12H15NO. The molecule has 0 aliphatic carbocycles. The second-order valence-corrected chi connectivity index (χ2v) is 3.97. The van der Waals surface area contributed by atoms with Crippen molar-refractivity contribution in [1.29, 1.82) is 0 Å². The molecular weight excluding hydrogens is 174 g/mol. The lowest BCUT2D eigenvalue weighted by atomic mass is 9.95. The lowest BCUT2D eigenvalue weighted by Gasteiger charge is -2.34. The highest BCUT2D eigenvalue weighted by Crippen LogP contribution is 2.22. The van der Waals surface area contributed by atoms with Gasteiger partial charge in [-0.25, -0.2) is 0 Å². The fraction of sp³-hybridized carbons (Fsp3) is 0.417. The predicted octanol–water partition coefficient (Wildman–Crippen LogP) is 1.98. The standard InChI is InChI=1S/C12H15NO/c1-9-7-11-5-3-4-6-12(11)8-13(9)10(2)14/h3-6,9H,7-8H2,1-2H3/t9-/m0/s1. The van der Waals surface area contributed by atoms with Crippen LogP contribution in [0.25, 0.3) is 0 Å². The maximum atomic E-state index is 11.3. The van der Waals surface area contributed by atoms with Crippen molar-refractivity contribution < 1.29 is 4.79 Å². The summed E-state index contributed by atoms with van der Waals surface area (Å²) in [6.45, 7) is 4.52. The first-order chi connectivity index (χ1) is 6.68.